The maximum atomic E-state index is 13.2. The summed E-state index contributed by atoms with van der Waals surface area (Å²) in [5.41, 5.74) is 6.23. The van der Waals surface area contributed by atoms with Crippen LogP contribution in [0.5, 0.6) is 0 Å². The zero-order chi connectivity index (χ0) is 26.1. The van der Waals surface area contributed by atoms with Crippen molar-refractivity contribution in [3.8, 4) is 11.1 Å². The van der Waals surface area contributed by atoms with E-state index in [9.17, 15) is 9.59 Å². The molecule has 0 radical (unpaired) electrons. The first-order valence-electron chi connectivity index (χ1n) is 13.3. The van der Waals surface area contributed by atoms with Crippen LogP contribution in [0.15, 0.2) is 35.1 Å². The Hall–Kier alpha value is -3.10. The first kappa shape index (κ1) is 25.5. The number of imidazole rings is 1. The van der Waals surface area contributed by atoms with Crippen molar-refractivity contribution in [2.45, 2.75) is 51.6 Å². The second kappa shape index (κ2) is 10.7. The van der Waals surface area contributed by atoms with Gasteiger partial charge in [-0.2, -0.15) is 0 Å². The highest BCUT2D eigenvalue weighted by molar-refractivity contribution is 5.95. The normalized spacial score (nSPS) is 17.3. The number of benzene rings is 2. The Labute approximate surface area is 217 Å². The molecular weight excluding hydrogens is 470 g/mol. The minimum atomic E-state index is -0.345. The Balaban J connectivity index is 1.63. The molecule has 0 atom stereocenters. The van der Waals surface area contributed by atoms with E-state index >= 15 is 0 Å². The molecule has 0 unspecified atom stereocenters. The largest absolute Gasteiger partial charge is 0.465 e. The van der Waals surface area contributed by atoms with Crippen LogP contribution in [0.25, 0.3) is 22.2 Å². The molecule has 2 saturated heterocycles. The highest BCUT2D eigenvalue weighted by atomic mass is 16.5. The number of aromatic nitrogens is 2. The number of carbonyl (C=O) groups is 1. The third kappa shape index (κ3) is 4.68. The van der Waals surface area contributed by atoms with Crippen molar-refractivity contribution >= 4 is 22.7 Å². The van der Waals surface area contributed by atoms with Crippen molar-refractivity contribution in [2.24, 2.45) is 7.05 Å². The molecule has 3 aromatic rings. The van der Waals surface area contributed by atoms with Crippen molar-refractivity contribution in [2.75, 3.05) is 45.0 Å². The van der Waals surface area contributed by atoms with Gasteiger partial charge in [0.05, 0.1) is 23.7 Å². The van der Waals surface area contributed by atoms with E-state index in [4.69, 9.17) is 14.2 Å². The highest BCUT2D eigenvalue weighted by Gasteiger charge is 2.26. The molecule has 8 heteroatoms. The molecule has 198 valence electrons. The topological polar surface area (TPSA) is 74.9 Å². The minimum absolute atomic E-state index is 0.00410. The van der Waals surface area contributed by atoms with Crippen molar-refractivity contribution in [3.63, 3.8) is 0 Å². The van der Waals surface area contributed by atoms with Gasteiger partial charge in [-0.05, 0) is 80.5 Å². The fraction of sp³-hybridized carbons (Fsp3) is 0.517. The number of anilines is 1. The lowest BCUT2D eigenvalue weighted by Crippen LogP contribution is -2.40. The van der Waals surface area contributed by atoms with E-state index in [0.717, 1.165) is 78.9 Å². The molecule has 0 saturated carbocycles. The fourth-order valence-corrected chi connectivity index (χ4v) is 5.95. The molecule has 2 aliphatic rings. The van der Waals surface area contributed by atoms with Crippen LogP contribution in [0.2, 0.25) is 0 Å². The van der Waals surface area contributed by atoms with Crippen LogP contribution in [0.4, 0.5) is 5.69 Å². The third-order valence-corrected chi connectivity index (χ3v) is 8.05. The average Bonchev–Trinajstić information content (AvgIpc) is 3.19. The molecular formula is C29H37N3O5. The summed E-state index contributed by atoms with van der Waals surface area (Å²) in [7, 11) is 3.25. The van der Waals surface area contributed by atoms with Gasteiger partial charge in [-0.3, -0.25) is 9.13 Å². The molecule has 0 spiro atoms. The predicted octanol–water partition coefficient (Wildman–Crippen LogP) is 4.46. The van der Waals surface area contributed by atoms with Crippen molar-refractivity contribution in [1.29, 1.82) is 0 Å². The Morgan fingerprint density at radius 3 is 2.32 bits per heavy atom. The second-order valence-electron chi connectivity index (χ2n) is 10.0. The lowest BCUT2D eigenvalue weighted by molar-refractivity contribution is 0.0599. The molecule has 2 aliphatic heterocycles. The zero-order valence-electron chi connectivity index (χ0n) is 22.3. The van der Waals surface area contributed by atoms with Gasteiger partial charge in [0.15, 0.2) is 0 Å². The molecule has 0 amide bonds. The quantitative estimate of drug-likeness (QED) is 0.459. The van der Waals surface area contributed by atoms with Gasteiger partial charge in [0.25, 0.3) is 0 Å². The van der Waals surface area contributed by atoms with E-state index < -0.39 is 0 Å². The number of hydrogen-bond acceptors (Lipinski definition) is 6. The van der Waals surface area contributed by atoms with E-state index in [1.165, 1.54) is 7.11 Å². The summed E-state index contributed by atoms with van der Waals surface area (Å²) in [6.45, 7) is 7.83. The van der Waals surface area contributed by atoms with Gasteiger partial charge in [0.2, 0.25) is 0 Å². The molecule has 37 heavy (non-hydrogen) atoms. The van der Waals surface area contributed by atoms with Gasteiger partial charge in [0.1, 0.15) is 0 Å². The van der Waals surface area contributed by atoms with Crippen LogP contribution in [-0.4, -0.2) is 61.2 Å². The number of nitrogens with zero attached hydrogens (tertiary/aromatic N) is 3. The molecule has 0 aliphatic carbocycles. The maximum absolute atomic E-state index is 13.2. The predicted molar refractivity (Wildman–Crippen MR) is 145 cm³/mol. The molecule has 2 fully saturated rings. The molecule has 0 bridgehead atoms. The summed E-state index contributed by atoms with van der Waals surface area (Å²) >= 11 is 0. The third-order valence-electron chi connectivity index (χ3n) is 8.05. The van der Waals surface area contributed by atoms with Gasteiger partial charge < -0.3 is 19.1 Å². The van der Waals surface area contributed by atoms with Gasteiger partial charge in [-0.25, -0.2) is 9.59 Å². The Morgan fingerprint density at radius 2 is 1.68 bits per heavy atom. The Morgan fingerprint density at radius 1 is 1.00 bits per heavy atom. The fourth-order valence-electron chi connectivity index (χ4n) is 5.95. The highest BCUT2D eigenvalue weighted by Crippen LogP contribution is 2.35. The number of ether oxygens (including phenoxy) is 3. The number of carbonyl (C=O) groups excluding carboxylic acids is 1. The summed E-state index contributed by atoms with van der Waals surface area (Å²) in [6, 6.07) is 10.7. The first-order valence-corrected chi connectivity index (χ1v) is 13.3. The second-order valence-corrected chi connectivity index (χ2v) is 10.0. The van der Waals surface area contributed by atoms with E-state index in [1.807, 2.05) is 30.7 Å². The molecule has 8 nitrogen and oxygen atoms in total. The summed E-state index contributed by atoms with van der Waals surface area (Å²) in [5.74, 6) is -0.345. The smallest absolute Gasteiger partial charge is 0.338 e. The van der Waals surface area contributed by atoms with Crippen molar-refractivity contribution in [3.05, 3.63) is 51.9 Å². The Kier molecular flexibility index (Phi) is 7.40. The van der Waals surface area contributed by atoms with Crippen molar-refractivity contribution < 1.29 is 19.0 Å². The van der Waals surface area contributed by atoms with Crippen LogP contribution < -0.4 is 10.6 Å². The molecule has 0 N–H and O–H groups in total. The molecule has 1 aromatic heterocycles. The van der Waals surface area contributed by atoms with Crippen LogP contribution in [0, 0.1) is 6.92 Å². The summed E-state index contributed by atoms with van der Waals surface area (Å²) in [4.78, 5) is 28.4. The number of rotatable bonds is 6. The Bertz CT molecular complexity index is 1350. The lowest BCUT2D eigenvalue weighted by Gasteiger charge is -2.37. The summed E-state index contributed by atoms with van der Waals surface area (Å²) in [5, 5.41) is 0. The van der Waals surface area contributed by atoms with E-state index in [2.05, 4.69) is 30.0 Å². The minimum Gasteiger partial charge on any atom is -0.465 e. The van der Waals surface area contributed by atoms with Crippen LogP contribution in [0.3, 0.4) is 0 Å². The summed E-state index contributed by atoms with van der Waals surface area (Å²) in [6.07, 6.45) is 3.59. The monoisotopic (exact) mass is 507 g/mol. The standard InChI is InChI=1S/C29H37N3O5/c1-5-31(22-8-12-36-13-9-22)26-18-21(16-24(19(26)2)28(33)35-4)20-6-7-25-27(17-20)30(3)29(34)32(25)23-10-14-37-15-11-23/h6-7,16-18,22-23H,5,8-15H2,1-4H3. The van der Waals surface area contributed by atoms with E-state index in [0.29, 0.717) is 24.8 Å². The number of hydrogen-bond donors (Lipinski definition) is 0. The maximum Gasteiger partial charge on any atom is 0.338 e. The van der Waals surface area contributed by atoms with Crippen LogP contribution in [0.1, 0.15) is 54.6 Å². The molecule has 5 rings (SSSR count). The number of methoxy groups -OCH3 is 1. The molecule has 2 aromatic carbocycles. The van der Waals surface area contributed by atoms with Crippen LogP contribution >= 0.6 is 0 Å². The molecule has 3 heterocycles. The summed E-state index contributed by atoms with van der Waals surface area (Å²) < 4.78 is 19.9. The van der Waals surface area contributed by atoms with E-state index in [-0.39, 0.29) is 17.7 Å². The number of fused-ring (bicyclic) bond motifs is 1. The van der Waals surface area contributed by atoms with Gasteiger partial charge in [0, 0.05) is 57.8 Å². The number of esters is 1. The van der Waals surface area contributed by atoms with E-state index in [1.54, 1.807) is 4.57 Å². The lowest BCUT2D eigenvalue weighted by atomic mass is 9.95. The zero-order valence-corrected chi connectivity index (χ0v) is 22.3. The van der Waals surface area contributed by atoms with Crippen LogP contribution in [-0.2, 0) is 21.3 Å². The first-order chi connectivity index (χ1) is 17.9. The average molecular weight is 508 g/mol. The van der Waals surface area contributed by atoms with Crippen molar-refractivity contribution in [1.82, 2.24) is 9.13 Å². The SMILES string of the molecule is CCN(c1cc(-c2ccc3c(c2)n(C)c(=O)n3C2CCOCC2)cc(C(=O)OC)c1C)C1CCOCC1. The van der Waals surface area contributed by atoms with Gasteiger partial charge in [-0.15, -0.1) is 0 Å². The van der Waals surface area contributed by atoms with Gasteiger partial charge >= 0.3 is 11.7 Å². The number of aryl methyl sites for hydroxylation is 1. The van der Waals surface area contributed by atoms with Gasteiger partial charge in [-0.1, -0.05) is 6.07 Å².